The molecule has 0 atom stereocenters. The molecule has 18 heavy (non-hydrogen) atoms. The highest BCUT2D eigenvalue weighted by molar-refractivity contribution is 5.22. The molecule has 3 heteroatoms. The summed E-state index contributed by atoms with van der Waals surface area (Å²) in [6, 6.07) is 9.86. The van der Waals surface area contributed by atoms with Gasteiger partial charge in [-0.25, -0.2) is 0 Å². The van der Waals surface area contributed by atoms with Gasteiger partial charge in [-0.2, -0.15) is 0 Å². The van der Waals surface area contributed by atoms with E-state index >= 15 is 0 Å². The van der Waals surface area contributed by atoms with E-state index in [1.807, 2.05) is 36.6 Å². The van der Waals surface area contributed by atoms with E-state index in [-0.39, 0.29) is 5.79 Å². The largest absolute Gasteiger partial charge is 0.465 e. The Morgan fingerprint density at radius 2 is 1.67 bits per heavy atom. The van der Waals surface area contributed by atoms with Crippen molar-refractivity contribution < 1.29 is 14.2 Å². The Balaban J connectivity index is 1.56. The third-order valence-corrected chi connectivity index (χ3v) is 3.57. The molecule has 1 saturated carbocycles. The minimum atomic E-state index is -0.288. The van der Waals surface area contributed by atoms with Crippen molar-refractivity contribution >= 4 is 0 Å². The van der Waals surface area contributed by atoms with E-state index in [2.05, 4.69) is 0 Å². The highest BCUT2D eigenvalue weighted by Gasteiger charge is 2.38. The van der Waals surface area contributed by atoms with E-state index < -0.39 is 0 Å². The lowest BCUT2D eigenvalue weighted by Crippen LogP contribution is -2.33. The van der Waals surface area contributed by atoms with Crippen molar-refractivity contribution in [2.45, 2.75) is 31.5 Å². The number of ether oxygens (including phenoxy) is 3. The van der Waals surface area contributed by atoms with E-state index in [4.69, 9.17) is 14.2 Å². The molecule has 1 saturated heterocycles. The Morgan fingerprint density at radius 3 is 2.33 bits per heavy atom. The Labute approximate surface area is 107 Å². The van der Waals surface area contributed by atoms with Crippen LogP contribution in [0.2, 0.25) is 0 Å². The fourth-order valence-corrected chi connectivity index (χ4v) is 2.51. The maximum absolute atomic E-state index is 5.70. The van der Waals surface area contributed by atoms with Gasteiger partial charge in [0.25, 0.3) is 0 Å². The first-order chi connectivity index (χ1) is 8.86. The molecule has 1 aliphatic heterocycles. The normalized spacial score (nSPS) is 22.1. The zero-order chi connectivity index (χ0) is 12.3. The topological polar surface area (TPSA) is 27.7 Å². The van der Waals surface area contributed by atoms with Crippen LogP contribution in [0.25, 0.3) is 0 Å². The van der Waals surface area contributed by atoms with Crippen molar-refractivity contribution in [3.8, 4) is 5.75 Å². The third-order valence-electron chi connectivity index (χ3n) is 3.57. The van der Waals surface area contributed by atoms with Crippen LogP contribution in [0.15, 0.2) is 42.2 Å². The number of para-hydroxylation sites is 1. The maximum Gasteiger partial charge on any atom is 0.169 e. The standard InChI is InChI=1S/C15H18O3/c1-2-4-14(5-3-1)16-12-13-6-8-15(9-7-13)17-10-11-18-15/h1-5,12H,6-11H2. The molecule has 0 radical (unpaired) electrons. The van der Waals surface area contributed by atoms with Gasteiger partial charge in [-0.15, -0.1) is 0 Å². The maximum atomic E-state index is 5.70. The molecule has 0 N–H and O–H groups in total. The van der Waals surface area contributed by atoms with Crippen LogP contribution in [0.3, 0.4) is 0 Å². The molecule has 3 nitrogen and oxygen atoms in total. The second-order valence-electron chi connectivity index (χ2n) is 4.81. The third kappa shape index (κ3) is 2.57. The van der Waals surface area contributed by atoms with Gasteiger partial charge in [-0.05, 0) is 30.5 Å². The quantitative estimate of drug-likeness (QED) is 0.750. The van der Waals surface area contributed by atoms with Gasteiger partial charge in [0.2, 0.25) is 0 Å². The smallest absolute Gasteiger partial charge is 0.169 e. The van der Waals surface area contributed by atoms with Crippen LogP contribution in [-0.4, -0.2) is 19.0 Å². The molecule has 1 heterocycles. The van der Waals surface area contributed by atoms with Crippen LogP contribution < -0.4 is 4.74 Å². The lowest BCUT2D eigenvalue weighted by atomic mass is 9.90. The Hall–Kier alpha value is -1.32. The van der Waals surface area contributed by atoms with Crippen molar-refractivity contribution in [2.24, 2.45) is 0 Å². The van der Waals surface area contributed by atoms with Gasteiger partial charge in [0, 0.05) is 12.8 Å². The predicted octanol–water partition coefficient (Wildman–Crippen LogP) is 3.27. The monoisotopic (exact) mass is 246 g/mol. The predicted molar refractivity (Wildman–Crippen MR) is 68.3 cm³/mol. The lowest BCUT2D eigenvalue weighted by molar-refractivity contribution is -0.171. The summed E-state index contributed by atoms with van der Waals surface area (Å²) in [7, 11) is 0. The van der Waals surface area contributed by atoms with Crippen LogP contribution in [-0.2, 0) is 9.47 Å². The van der Waals surface area contributed by atoms with Crippen LogP contribution in [0, 0.1) is 0 Å². The summed E-state index contributed by atoms with van der Waals surface area (Å²) in [4.78, 5) is 0. The summed E-state index contributed by atoms with van der Waals surface area (Å²) < 4.78 is 17.1. The van der Waals surface area contributed by atoms with E-state index in [0.717, 1.165) is 44.6 Å². The van der Waals surface area contributed by atoms with Crippen molar-refractivity contribution in [1.29, 1.82) is 0 Å². The molecular weight excluding hydrogens is 228 g/mol. The number of hydrogen-bond donors (Lipinski definition) is 0. The van der Waals surface area contributed by atoms with Gasteiger partial charge in [0.1, 0.15) is 5.75 Å². The number of benzene rings is 1. The molecule has 1 aliphatic carbocycles. The number of hydrogen-bond acceptors (Lipinski definition) is 3. The summed E-state index contributed by atoms with van der Waals surface area (Å²) in [5.74, 6) is 0.600. The van der Waals surface area contributed by atoms with E-state index in [9.17, 15) is 0 Å². The minimum Gasteiger partial charge on any atom is -0.465 e. The fraction of sp³-hybridized carbons (Fsp3) is 0.467. The number of allylic oxidation sites excluding steroid dienone is 1. The first-order valence-electron chi connectivity index (χ1n) is 6.54. The molecule has 0 unspecified atom stereocenters. The van der Waals surface area contributed by atoms with Crippen molar-refractivity contribution in [1.82, 2.24) is 0 Å². The molecule has 0 bridgehead atoms. The lowest BCUT2D eigenvalue weighted by Gasteiger charge is -2.32. The van der Waals surface area contributed by atoms with Gasteiger partial charge >= 0.3 is 0 Å². The highest BCUT2D eigenvalue weighted by Crippen LogP contribution is 2.37. The Kier molecular flexibility index (Phi) is 3.35. The molecule has 96 valence electrons. The molecule has 3 rings (SSSR count). The van der Waals surface area contributed by atoms with Crippen LogP contribution in [0.4, 0.5) is 0 Å². The van der Waals surface area contributed by atoms with Gasteiger partial charge in [0.05, 0.1) is 19.5 Å². The average Bonchev–Trinajstić information content (AvgIpc) is 2.88. The Bertz CT molecular complexity index is 407. The zero-order valence-corrected chi connectivity index (χ0v) is 10.4. The first-order valence-corrected chi connectivity index (χ1v) is 6.54. The average molecular weight is 246 g/mol. The van der Waals surface area contributed by atoms with Crippen LogP contribution >= 0.6 is 0 Å². The minimum absolute atomic E-state index is 0.288. The highest BCUT2D eigenvalue weighted by atomic mass is 16.7. The summed E-state index contributed by atoms with van der Waals surface area (Å²) in [5.41, 5.74) is 1.34. The molecular formula is C15H18O3. The molecule has 0 aromatic heterocycles. The van der Waals surface area contributed by atoms with Crippen molar-refractivity contribution in [3.63, 3.8) is 0 Å². The SMILES string of the molecule is C(Oc1ccccc1)=C1CCC2(CC1)OCCO2. The zero-order valence-electron chi connectivity index (χ0n) is 10.4. The summed E-state index contributed by atoms with van der Waals surface area (Å²) >= 11 is 0. The molecule has 2 fully saturated rings. The van der Waals surface area contributed by atoms with Gasteiger partial charge in [0.15, 0.2) is 5.79 Å². The van der Waals surface area contributed by atoms with E-state index in [0.29, 0.717) is 0 Å². The summed E-state index contributed by atoms with van der Waals surface area (Å²) in [6.45, 7) is 1.47. The van der Waals surface area contributed by atoms with Crippen LogP contribution in [0.5, 0.6) is 5.75 Å². The van der Waals surface area contributed by atoms with Crippen molar-refractivity contribution in [3.05, 3.63) is 42.2 Å². The fourth-order valence-electron chi connectivity index (χ4n) is 2.51. The molecule has 1 spiro atoms. The van der Waals surface area contributed by atoms with Gasteiger partial charge < -0.3 is 14.2 Å². The second-order valence-corrected chi connectivity index (χ2v) is 4.81. The van der Waals surface area contributed by atoms with Gasteiger partial charge in [-0.1, -0.05) is 18.2 Å². The molecule has 1 aromatic carbocycles. The second kappa shape index (κ2) is 5.12. The molecule has 1 aromatic rings. The Morgan fingerprint density at radius 1 is 1.00 bits per heavy atom. The van der Waals surface area contributed by atoms with Crippen molar-refractivity contribution in [2.75, 3.05) is 13.2 Å². The number of rotatable bonds is 2. The van der Waals surface area contributed by atoms with Crippen LogP contribution in [0.1, 0.15) is 25.7 Å². The first kappa shape index (κ1) is 11.8. The summed E-state index contributed by atoms with van der Waals surface area (Å²) in [5, 5.41) is 0. The molecule has 2 aliphatic rings. The molecule has 0 amide bonds. The van der Waals surface area contributed by atoms with E-state index in [1.54, 1.807) is 0 Å². The van der Waals surface area contributed by atoms with Gasteiger partial charge in [-0.3, -0.25) is 0 Å². The van der Waals surface area contributed by atoms with E-state index in [1.165, 1.54) is 5.57 Å². The summed E-state index contributed by atoms with van der Waals surface area (Å²) in [6.07, 6.45) is 5.75.